The van der Waals surface area contributed by atoms with Crippen molar-refractivity contribution >= 4 is 5.91 Å². The lowest BCUT2D eigenvalue weighted by molar-refractivity contribution is -0.134. The molecule has 0 spiro atoms. The molecule has 0 bridgehead atoms. The number of hydrogen-bond donors (Lipinski definition) is 1. The molecule has 2 atom stereocenters. The number of carbonyl (C=O) groups excluding carboxylic acids is 1. The Balaban J connectivity index is 1.90. The molecule has 5 heteroatoms. The summed E-state index contributed by atoms with van der Waals surface area (Å²) in [4.78, 5) is 16.3. The third kappa shape index (κ3) is 3.70. The summed E-state index contributed by atoms with van der Waals surface area (Å²) in [6.07, 6.45) is 4.47. The van der Waals surface area contributed by atoms with Crippen molar-refractivity contribution in [1.29, 1.82) is 0 Å². The van der Waals surface area contributed by atoms with Crippen molar-refractivity contribution in [2.75, 3.05) is 13.7 Å². The normalized spacial score (nSPS) is 22.3. The zero-order valence-corrected chi connectivity index (χ0v) is 12.1. The number of carbonyl (C=O) groups is 1. The van der Waals surface area contributed by atoms with Crippen molar-refractivity contribution in [2.45, 2.75) is 38.8 Å². The van der Waals surface area contributed by atoms with E-state index in [0.717, 1.165) is 31.4 Å². The van der Waals surface area contributed by atoms with Gasteiger partial charge < -0.3 is 14.8 Å². The van der Waals surface area contributed by atoms with Gasteiger partial charge in [-0.05, 0) is 30.9 Å². The molecule has 1 fully saturated rings. The Morgan fingerprint density at radius 1 is 1.60 bits per heavy atom. The Morgan fingerprint density at radius 3 is 3.20 bits per heavy atom. The fourth-order valence-corrected chi connectivity index (χ4v) is 2.53. The van der Waals surface area contributed by atoms with Crippen molar-refractivity contribution in [2.24, 2.45) is 5.92 Å². The first-order valence-corrected chi connectivity index (χ1v) is 7.12. The van der Waals surface area contributed by atoms with Crippen LogP contribution in [0.1, 0.15) is 31.7 Å². The molecule has 0 aromatic carbocycles. The number of methoxy groups -OCH3 is 1. The molecule has 1 aromatic heterocycles. The summed E-state index contributed by atoms with van der Waals surface area (Å²) in [5.74, 6) is 0.606. The van der Waals surface area contributed by atoms with E-state index in [2.05, 4.69) is 17.2 Å². The number of nitrogens with zero attached hydrogens (tertiary/aromatic N) is 1. The van der Waals surface area contributed by atoms with Crippen molar-refractivity contribution < 1.29 is 14.3 Å². The van der Waals surface area contributed by atoms with Gasteiger partial charge in [-0.25, -0.2) is 4.98 Å². The summed E-state index contributed by atoms with van der Waals surface area (Å²) < 4.78 is 10.7. The van der Waals surface area contributed by atoms with Crippen LogP contribution in [0.25, 0.3) is 0 Å². The molecule has 0 saturated carbocycles. The van der Waals surface area contributed by atoms with E-state index in [1.807, 2.05) is 12.1 Å². The van der Waals surface area contributed by atoms with Gasteiger partial charge in [0.1, 0.15) is 0 Å². The third-order valence-electron chi connectivity index (χ3n) is 3.65. The summed E-state index contributed by atoms with van der Waals surface area (Å²) >= 11 is 0. The van der Waals surface area contributed by atoms with Gasteiger partial charge in [-0.1, -0.05) is 6.92 Å². The van der Waals surface area contributed by atoms with Crippen LogP contribution >= 0.6 is 0 Å². The second kappa shape index (κ2) is 7.24. The number of ether oxygens (including phenoxy) is 2. The number of nitrogens with one attached hydrogen (secondary N) is 1. The molecule has 110 valence electrons. The minimum Gasteiger partial charge on any atom is -0.481 e. The molecular formula is C15H22N2O3. The van der Waals surface area contributed by atoms with Gasteiger partial charge in [-0.3, -0.25) is 4.79 Å². The van der Waals surface area contributed by atoms with Crippen molar-refractivity contribution in [3.63, 3.8) is 0 Å². The van der Waals surface area contributed by atoms with Gasteiger partial charge in [-0.2, -0.15) is 0 Å². The van der Waals surface area contributed by atoms with E-state index in [1.54, 1.807) is 13.3 Å². The second-order valence-electron chi connectivity index (χ2n) is 4.99. The van der Waals surface area contributed by atoms with Crippen molar-refractivity contribution in [3.8, 4) is 5.88 Å². The zero-order chi connectivity index (χ0) is 14.4. The largest absolute Gasteiger partial charge is 0.481 e. The number of amides is 1. The molecule has 1 aliphatic heterocycles. The first-order chi connectivity index (χ1) is 9.74. The Kier molecular flexibility index (Phi) is 5.35. The standard InChI is InChI=1S/C15H22N2O3/c1-3-13-12(5-4-8-20-13)15(18)17-10-11-6-7-16-14(9-11)19-2/h6-7,9,12-13H,3-5,8,10H2,1-2H3,(H,17,18). The van der Waals surface area contributed by atoms with Crippen LogP contribution in [0.15, 0.2) is 18.3 Å². The Hall–Kier alpha value is -1.62. The van der Waals surface area contributed by atoms with Crippen LogP contribution in [-0.2, 0) is 16.1 Å². The number of pyridine rings is 1. The maximum absolute atomic E-state index is 12.3. The van der Waals surface area contributed by atoms with Gasteiger partial charge in [0.25, 0.3) is 0 Å². The number of aromatic nitrogens is 1. The number of hydrogen-bond acceptors (Lipinski definition) is 4. The van der Waals surface area contributed by atoms with E-state index in [4.69, 9.17) is 9.47 Å². The van der Waals surface area contributed by atoms with E-state index < -0.39 is 0 Å². The molecule has 1 aromatic rings. The highest BCUT2D eigenvalue weighted by Crippen LogP contribution is 2.23. The van der Waals surface area contributed by atoms with Gasteiger partial charge in [-0.15, -0.1) is 0 Å². The fourth-order valence-electron chi connectivity index (χ4n) is 2.53. The summed E-state index contributed by atoms with van der Waals surface area (Å²) in [6.45, 7) is 3.32. The van der Waals surface area contributed by atoms with Gasteiger partial charge in [0, 0.05) is 25.4 Å². The SMILES string of the molecule is CCC1OCCCC1C(=O)NCc1ccnc(OC)c1. The highest BCUT2D eigenvalue weighted by Gasteiger charge is 2.30. The van der Waals surface area contributed by atoms with Gasteiger partial charge >= 0.3 is 0 Å². The minimum absolute atomic E-state index is 0.0301. The smallest absolute Gasteiger partial charge is 0.225 e. The van der Waals surface area contributed by atoms with Crippen LogP contribution in [0, 0.1) is 5.92 Å². The maximum Gasteiger partial charge on any atom is 0.225 e. The molecule has 1 aliphatic rings. The second-order valence-corrected chi connectivity index (χ2v) is 4.99. The number of rotatable bonds is 5. The fraction of sp³-hybridized carbons (Fsp3) is 0.600. The lowest BCUT2D eigenvalue weighted by atomic mass is 9.92. The quantitative estimate of drug-likeness (QED) is 0.894. The topological polar surface area (TPSA) is 60.5 Å². The molecule has 1 N–H and O–H groups in total. The van der Waals surface area contributed by atoms with Gasteiger partial charge in [0.05, 0.1) is 19.1 Å². The van der Waals surface area contributed by atoms with Gasteiger partial charge in [0.15, 0.2) is 0 Å². The van der Waals surface area contributed by atoms with E-state index in [0.29, 0.717) is 12.4 Å². The first-order valence-electron chi connectivity index (χ1n) is 7.12. The highest BCUT2D eigenvalue weighted by molar-refractivity contribution is 5.79. The molecule has 1 amide bonds. The van der Waals surface area contributed by atoms with Crippen LogP contribution in [0.3, 0.4) is 0 Å². The minimum atomic E-state index is -0.0301. The van der Waals surface area contributed by atoms with E-state index >= 15 is 0 Å². The van der Waals surface area contributed by atoms with Crippen molar-refractivity contribution in [3.05, 3.63) is 23.9 Å². The van der Waals surface area contributed by atoms with Gasteiger partial charge in [0.2, 0.25) is 11.8 Å². The molecule has 5 nitrogen and oxygen atoms in total. The molecule has 2 heterocycles. The van der Waals surface area contributed by atoms with E-state index in [-0.39, 0.29) is 17.9 Å². The monoisotopic (exact) mass is 278 g/mol. The maximum atomic E-state index is 12.3. The van der Waals surface area contributed by atoms with Crippen LogP contribution in [-0.4, -0.2) is 30.7 Å². The lowest BCUT2D eigenvalue weighted by Crippen LogP contribution is -2.41. The van der Waals surface area contributed by atoms with Crippen LogP contribution in [0.5, 0.6) is 5.88 Å². The summed E-state index contributed by atoms with van der Waals surface area (Å²) in [7, 11) is 1.58. The highest BCUT2D eigenvalue weighted by atomic mass is 16.5. The molecule has 1 saturated heterocycles. The predicted molar refractivity (Wildman–Crippen MR) is 75.4 cm³/mol. The van der Waals surface area contributed by atoms with Crippen LogP contribution in [0.4, 0.5) is 0 Å². The first kappa shape index (κ1) is 14.8. The van der Waals surface area contributed by atoms with E-state index in [9.17, 15) is 4.79 Å². The summed E-state index contributed by atoms with van der Waals surface area (Å²) in [5, 5.41) is 2.98. The molecular weight excluding hydrogens is 256 g/mol. The summed E-state index contributed by atoms with van der Waals surface area (Å²) in [6, 6.07) is 3.70. The molecule has 2 rings (SSSR count). The molecule has 2 unspecified atom stereocenters. The molecule has 0 aliphatic carbocycles. The predicted octanol–water partition coefficient (Wildman–Crippen LogP) is 1.91. The third-order valence-corrected chi connectivity index (χ3v) is 3.65. The van der Waals surface area contributed by atoms with Crippen LogP contribution in [0.2, 0.25) is 0 Å². The Morgan fingerprint density at radius 2 is 2.45 bits per heavy atom. The Labute approximate surface area is 119 Å². The van der Waals surface area contributed by atoms with Crippen molar-refractivity contribution in [1.82, 2.24) is 10.3 Å². The Bertz CT molecular complexity index is 450. The lowest BCUT2D eigenvalue weighted by Gasteiger charge is -2.30. The molecule has 20 heavy (non-hydrogen) atoms. The zero-order valence-electron chi connectivity index (χ0n) is 12.1. The van der Waals surface area contributed by atoms with E-state index in [1.165, 1.54) is 0 Å². The van der Waals surface area contributed by atoms with Crippen LogP contribution < -0.4 is 10.1 Å². The molecule has 0 radical (unpaired) electrons. The average molecular weight is 278 g/mol. The average Bonchev–Trinajstić information content (AvgIpc) is 2.52. The summed E-state index contributed by atoms with van der Waals surface area (Å²) in [5.41, 5.74) is 0.981.